The van der Waals surface area contributed by atoms with Gasteiger partial charge in [0.1, 0.15) is 11.5 Å². The van der Waals surface area contributed by atoms with Crippen LogP contribution in [-0.4, -0.2) is 0 Å². The van der Waals surface area contributed by atoms with Crippen molar-refractivity contribution in [2.75, 3.05) is 0 Å². The normalized spacial score (nSPS) is 11.4. The molecule has 0 unspecified atom stereocenters. The monoisotopic (exact) mass is 310 g/mol. The molecule has 116 valence electrons. The molecule has 0 radical (unpaired) electrons. The van der Waals surface area contributed by atoms with Crippen LogP contribution in [0.15, 0.2) is 84.9 Å². The Balaban J connectivity index is 1.78. The summed E-state index contributed by atoms with van der Waals surface area (Å²) in [6, 6.07) is 27.1. The Labute approximate surface area is 141 Å². The maximum Gasteiger partial charge on any atom is 0.135 e. The maximum absolute atomic E-state index is 6.15. The lowest BCUT2D eigenvalue weighted by Crippen LogP contribution is -1.87. The first-order valence-corrected chi connectivity index (χ1v) is 8.16. The molecule has 0 atom stereocenters. The van der Waals surface area contributed by atoms with E-state index in [0.717, 1.165) is 16.9 Å². The molecule has 1 heteroatoms. The highest BCUT2D eigenvalue weighted by atomic mass is 16.5. The van der Waals surface area contributed by atoms with E-state index in [1.54, 1.807) is 0 Å². The molecule has 0 aromatic heterocycles. The van der Waals surface area contributed by atoms with Crippen LogP contribution >= 0.6 is 0 Å². The van der Waals surface area contributed by atoms with Gasteiger partial charge in [-0.15, -0.1) is 0 Å². The molecule has 0 spiro atoms. The van der Waals surface area contributed by atoms with Crippen molar-refractivity contribution in [3.63, 3.8) is 0 Å². The van der Waals surface area contributed by atoms with Gasteiger partial charge >= 0.3 is 0 Å². The minimum atomic E-state index is 0.851. The summed E-state index contributed by atoms with van der Waals surface area (Å²) in [6.07, 6.45) is 4.11. The molecular formula is C23H18O. The Morgan fingerprint density at radius 3 is 2.29 bits per heavy atom. The minimum absolute atomic E-state index is 0.851. The van der Waals surface area contributed by atoms with Crippen molar-refractivity contribution in [1.82, 2.24) is 0 Å². The van der Waals surface area contributed by atoms with Crippen LogP contribution in [0.25, 0.3) is 27.6 Å². The lowest BCUT2D eigenvalue weighted by molar-refractivity contribution is 0.488. The average Bonchev–Trinajstić information content (AvgIpc) is 2.64. The Hall–Kier alpha value is -3.06. The number of allylic oxidation sites excluding steroid dienone is 1. The minimum Gasteiger partial charge on any atom is -0.457 e. The van der Waals surface area contributed by atoms with Crippen molar-refractivity contribution in [2.45, 2.75) is 6.92 Å². The highest BCUT2D eigenvalue weighted by molar-refractivity contribution is 6.09. The van der Waals surface area contributed by atoms with E-state index in [4.69, 9.17) is 4.74 Å². The smallest absolute Gasteiger partial charge is 0.135 e. The molecule has 4 aromatic carbocycles. The fourth-order valence-corrected chi connectivity index (χ4v) is 3.07. The van der Waals surface area contributed by atoms with Gasteiger partial charge in [-0.25, -0.2) is 0 Å². The molecule has 4 aromatic rings. The number of fused-ring (bicyclic) bond motifs is 3. The van der Waals surface area contributed by atoms with E-state index in [2.05, 4.69) is 66.7 Å². The third-order valence-electron chi connectivity index (χ3n) is 4.21. The van der Waals surface area contributed by atoms with Crippen LogP contribution in [-0.2, 0) is 0 Å². The van der Waals surface area contributed by atoms with Gasteiger partial charge in [-0.2, -0.15) is 0 Å². The maximum atomic E-state index is 6.15. The second-order valence-electron chi connectivity index (χ2n) is 5.81. The molecule has 1 nitrogen and oxygen atoms in total. The van der Waals surface area contributed by atoms with E-state index in [1.807, 2.05) is 31.2 Å². The molecule has 0 aliphatic carbocycles. The fourth-order valence-electron chi connectivity index (χ4n) is 3.07. The van der Waals surface area contributed by atoms with E-state index in [9.17, 15) is 0 Å². The van der Waals surface area contributed by atoms with Crippen molar-refractivity contribution in [3.8, 4) is 11.5 Å². The quantitative estimate of drug-likeness (QED) is 0.377. The first kappa shape index (κ1) is 14.5. The predicted molar refractivity (Wildman–Crippen MR) is 103 cm³/mol. The van der Waals surface area contributed by atoms with Crippen molar-refractivity contribution in [1.29, 1.82) is 0 Å². The van der Waals surface area contributed by atoms with E-state index < -0.39 is 0 Å². The molecule has 4 rings (SSSR count). The summed E-state index contributed by atoms with van der Waals surface area (Å²) < 4.78 is 6.15. The molecule has 0 N–H and O–H groups in total. The van der Waals surface area contributed by atoms with Gasteiger partial charge in [0.15, 0.2) is 0 Å². The molecule has 0 heterocycles. The summed E-state index contributed by atoms with van der Waals surface area (Å²) in [5, 5.41) is 4.85. The van der Waals surface area contributed by atoms with Crippen LogP contribution in [0.4, 0.5) is 0 Å². The van der Waals surface area contributed by atoms with Crippen molar-refractivity contribution >= 4 is 27.6 Å². The highest BCUT2D eigenvalue weighted by Gasteiger charge is 2.06. The molecule has 24 heavy (non-hydrogen) atoms. The van der Waals surface area contributed by atoms with Gasteiger partial charge in [0, 0.05) is 5.39 Å². The SMILES string of the molecule is CC=Cc1ccc(Oc2cccc3c2ccc2ccccc23)cc1. The second-order valence-corrected chi connectivity index (χ2v) is 5.81. The molecular weight excluding hydrogens is 292 g/mol. The van der Waals surface area contributed by atoms with Crippen LogP contribution in [0.3, 0.4) is 0 Å². The molecule has 0 aliphatic rings. The Morgan fingerprint density at radius 2 is 1.46 bits per heavy atom. The topological polar surface area (TPSA) is 9.23 Å². The number of benzene rings is 4. The van der Waals surface area contributed by atoms with Gasteiger partial charge in [-0.05, 0) is 52.9 Å². The van der Waals surface area contributed by atoms with Crippen LogP contribution in [0, 0.1) is 0 Å². The summed E-state index contributed by atoms with van der Waals surface area (Å²) >= 11 is 0. The zero-order valence-corrected chi connectivity index (χ0v) is 13.6. The fraction of sp³-hybridized carbons (Fsp3) is 0.0435. The average molecular weight is 310 g/mol. The van der Waals surface area contributed by atoms with Gasteiger partial charge in [0.05, 0.1) is 0 Å². The number of hydrogen-bond acceptors (Lipinski definition) is 1. The van der Waals surface area contributed by atoms with Crippen LogP contribution < -0.4 is 4.74 Å². The summed E-state index contributed by atoms with van der Waals surface area (Å²) in [7, 11) is 0. The van der Waals surface area contributed by atoms with E-state index in [-0.39, 0.29) is 0 Å². The highest BCUT2D eigenvalue weighted by Crippen LogP contribution is 2.34. The zero-order chi connectivity index (χ0) is 16.4. The molecule has 0 fully saturated rings. The van der Waals surface area contributed by atoms with Crippen molar-refractivity contribution in [2.24, 2.45) is 0 Å². The lowest BCUT2D eigenvalue weighted by atomic mass is 10.0. The summed E-state index contributed by atoms with van der Waals surface area (Å²) in [5.74, 6) is 1.74. The first-order chi connectivity index (χ1) is 11.8. The largest absolute Gasteiger partial charge is 0.457 e. The number of ether oxygens (including phenoxy) is 1. The number of rotatable bonds is 3. The predicted octanol–water partition coefficient (Wildman–Crippen LogP) is 6.82. The Morgan fingerprint density at radius 1 is 0.667 bits per heavy atom. The van der Waals surface area contributed by atoms with Crippen LogP contribution in [0.2, 0.25) is 0 Å². The van der Waals surface area contributed by atoms with Gasteiger partial charge in [-0.3, -0.25) is 0 Å². The second kappa shape index (κ2) is 6.21. The summed E-state index contributed by atoms with van der Waals surface area (Å²) in [5.41, 5.74) is 1.17. The molecule has 0 bridgehead atoms. The molecule has 0 amide bonds. The van der Waals surface area contributed by atoms with Gasteiger partial charge in [-0.1, -0.05) is 66.7 Å². The lowest BCUT2D eigenvalue weighted by Gasteiger charge is -2.11. The van der Waals surface area contributed by atoms with E-state index in [1.165, 1.54) is 21.7 Å². The van der Waals surface area contributed by atoms with Crippen LogP contribution in [0.5, 0.6) is 11.5 Å². The Kier molecular flexibility index (Phi) is 3.76. The third kappa shape index (κ3) is 2.65. The third-order valence-corrected chi connectivity index (χ3v) is 4.21. The van der Waals surface area contributed by atoms with Crippen molar-refractivity contribution in [3.05, 3.63) is 90.5 Å². The Bertz CT molecular complexity index is 1030. The van der Waals surface area contributed by atoms with Crippen molar-refractivity contribution < 1.29 is 4.74 Å². The van der Waals surface area contributed by atoms with Gasteiger partial charge in [0.2, 0.25) is 0 Å². The zero-order valence-electron chi connectivity index (χ0n) is 13.6. The standard InChI is InChI=1S/C23H18O/c1-2-6-17-11-14-19(15-12-17)24-23-10-5-9-21-20-8-4-3-7-18(20)13-16-22(21)23/h2-16H,1H3. The van der Waals surface area contributed by atoms with E-state index >= 15 is 0 Å². The van der Waals surface area contributed by atoms with Crippen LogP contribution in [0.1, 0.15) is 12.5 Å². The molecule has 0 saturated heterocycles. The number of hydrogen-bond donors (Lipinski definition) is 0. The molecule has 0 saturated carbocycles. The summed E-state index contributed by atoms with van der Waals surface area (Å²) in [6.45, 7) is 2.02. The van der Waals surface area contributed by atoms with Gasteiger partial charge in [0.25, 0.3) is 0 Å². The van der Waals surface area contributed by atoms with E-state index in [0.29, 0.717) is 0 Å². The summed E-state index contributed by atoms with van der Waals surface area (Å²) in [4.78, 5) is 0. The van der Waals surface area contributed by atoms with Gasteiger partial charge < -0.3 is 4.74 Å². The first-order valence-electron chi connectivity index (χ1n) is 8.16. The molecule has 0 aliphatic heterocycles.